The highest BCUT2D eigenvalue weighted by molar-refractivity contribution is 6.23. The molecule has 1 rings (SSSR count). The average molecular weight is 252 g/mol. The van der Waals surface area contributed by atoms with Gasteiger partial charge in [0, 0.05) is 12.0 Å². The van der Waals surface area contributed by atoms with Crippen LogP contribution in [-0.4, -0.2) is 11.6 Å². The maximum Gasteiger partial charge on any atom is 0.168 e. The van der Waals surface area contributed by atoms with Crippen molar-refractivity contribution in [2.75, 3.05) is 0 Å². The van der Waals surface area contributed by atoms with Gasteiger partial charge in [-0.15, -0.1) is 0 Å². The van der Waals surface area contributed by atoms with Crippen LogP contribution in [0.5, 0.6) is 0 Å². The summed E-state index contributed by atoms with van der Waals surface area (Å²) in [4.78, 5) is 23.2. The zero-order valence-corrected chi connectivity index (χ0v) is 10.5. The molecule has 0 amide bonds. The first-order valence-electron chi connectivity index (χ1n) is 5.54. The Hall–Kier alpha value is -1.84. The minimum Gasteiger partial charge on any atom is -0.294 e. The van der Waals surface area contributed by atoms with E-state index >= 15 is 0 Å². The van der Waals surface area contributed by atoms with Gasteiger partial charge in [0.25, 0.3) is 0 Å². The predicted octanol–water partition coefficient (Wildman–Crippen LogP) is 3.16. The Morgan fingerprint density at radius 3 is 2.00 bits per heavy atom. The molecule has 0 aliphatic heterocycles. The Kier molecular flexibility index (Phi) is 4.48. The first-order valence-corrected chi connectivity index (χ1v) is 5.54. The lowest BCUT2D eigenvalue weighted by Crippen LogP contribution is -2.15. The van der Waals surface area contributed by atoms with E-state index in [0.717, 1.165) is 18.2 Å². The smallest absolute Gasteiger partial charge is 0.168 e. The number of hydrogen-bond acceptors (Lipinski definition) is 2. The minimum atomic E-state index is -0.749. The van der Waals surface area contributed by atoms with Crippen LogP contribution in [0.25, 0.3) is 6.08 Å². The van der Waals surface area contributed by atoms with E-state index in [9.17, 15) is 18.4 Å². The van der Waals surface area contributed by atoms with Crippen LogP contribution in [0.2, 0.25) is 0 Å². The summed E-state index contributed by atoms with van der Waals surface area (Å²) in [6.45, 7) is 4.57. The molecule has 0 bridgehead atoms. The molecule has 2 nitrogen and oxygen atoms in total. The summed E-state index contributed by atoms with van der Waals surface area (Å²) in [7, 11) is 0. The topological polar surface area (TPSA) is 34.1 Å². The Morgan fingerprint density at radius 2 is 1.61 bits per heavy atom. The van der Waals surface area contributed by atoms with E-state index in [0.29, 0.717) is 0 Å². The lowest BCUT2D eigenvalue weighted by molar-refractivity contribution is -0.122. The van der Waals surface area contributed by atoms with Crippen molar-refractivity contribution < 1.29 is 18.4 Å². The van der Waals surface area contributed by atoms with Crippen molar-refractivity contribution in [1.82, 2.24) is 0 Å². The van der Waals surface area contributed by atoms with Crippen molar-refractivity contribution in [2.24, 2.45) is 5.92 Å². The highest BCUT2D eigenvalue weighted by atomic mass is 19.1. The summed E-state index contributed by atoms with van der Waals surface area (Å²) in [5.74, 6) is -2.61. The van der Waals surface area contributed by atoms with Crippen molar-refractivity contribution >= 4 is 17.6 Å². The van der Waals surface area contributed by atoms with E-state index < -0.39 is 17.4 Å². The molecule has 0 saturated heterocycles. The monoisotopic (exact) mass is 252 g/mol. The first-order chi connectivity index (χ1) is 8.31. The Balaban J connectivity index is 3.24. The number of benzene rings is 1. The highest BCUT2D eigenvalue weighted by Crippen LogP contribution is 2.15. The van der Waals surface area contributed by atoms with Gasteiger partial charge < -0.3 is 0 Å². The van der Waals surface area contributed by atoms with Gasteiger partial charge in [0.15, 0.2) is 11.6 Å². The second kappa shape index (κ2) is 5.67. The van der Waals surface area contributed by atoms with Gasteiger partial charge in [0.05, 0.1) is 5.57 Å². The van der Waals surface area contributed by atoms with Gasteiger partial charge in [0.2, 0.25) is 0 Å². The molecule has 0 saturated carbocycles. The number of carbonyl (C=O) groups is 2. The fourth-order valence-electron chi connectivity index (χ4n) is 1.48. The molecule has 0 aliphatic carbocycles. The SMILES string of the molecule is CC(=O)C(=Cc1cc(F)cc(F)c1)C(=O)C(C)C. The second-order valence-corrected chi connectivity index (χ2v) is 4.34. The summed E-state index contributed by atoms with van der Waals surface area (Å²) in [5, 5.41) is 0. The first kappa shape index (κ1) is 14.2. The van der Waals surface area contributed by atoms with Gasteiger partial charge >= 0.3 is 0 Å². The molecule has 0 heterocycles. The number of hydrogen-bond donors (Lipinski definition) is 0. The van der Waals surface area contributed by atoms with E-state index in [2.05, 4.69) is 0 Å². The molecule has 0 N–H and O–H groups in total. The minimum absolute atomic E-state index is 0.0463. The van der Waals surface area contributed by atoms with Crippen molar-refractivity contribution in [1.29, 1.82) is 0 Å². The molecule has 0 unspecified atom stereocenters. The molecule has 0 aromatic heterocycles. The summed E-state index contributed by atoms with van der Waals surface area (Å²) in [6, 6.07) is 2.87. The summed E-state index contributed by atoms with van der Waals surface area (Å²) in [5.41, 5.74) is 0.113. The zero-order valence-electron chi connectivity index (χ0n) is 10.5. The molecule has 0 aliphatic rings. The van der Waals surface area contributed by atoms with Crippen molar-refractivity contribution in [2.45, 2.75) is 20.8 Å². The number of rotatable bonds is 4. The summed E-state index contributed by atoms with van der Waals surface area (Å²) in [6.07, 6.45) is 1.22. The van der Waals surface area contributed by atoms with Gasteiger partial charge in [0.1, 0.15) is 11.6 Å². The molecule has 4 heteroatoms. The lowest BCUT2D eigenvalue weighted by Gasteiger charge is -2.06. The highest BCUT2D eigenvalue weighted by Gasteiger charge is 2.17. The average Bonchev–Trinajstić information content (AvgIpc) is 2.23. The molecule has 0 atom stereocenters. The normalized spacial score (nSPS) is 11.8. The fraction of sp³-hybridized carbons (Fsp3) is 0.286. The van der Waals surface area contributed by atoms with Gasteiger partial charge in [-0.1, -0.05) is 13.8 Å². The van der Waals surface area contributed by atoms with Crippen molar-refractivity contribution in [3.05, 3.63) is 41.0 Å². The Labute approximate surface area is 104 Å². The number of Topliss-reactive ketones (excluding diaryl/α,β-unsaturated/α-hetero) is 2. The van der Waals surface area contributed by atoms with Crippen LogP contribution < -0.4 is 0 Å². The largest absolute Gasteiger partial charge is 0.294 e. The maximum absolute atomic E-state index is 13.0. The number of ketones is 2. The van der Waals surface area contributed by atoms with E-state index in [-0.39, 0.29) is 22.8 Å². The van der Waals surface area contributed by atoms with Gasteiger partial charge in [-0.2, -0.15) is 0 Å². The fourth-order valence-corrected chi connectivity index (χ4v) is 1.48. The quantitative estimate of drug-likeness (QED) is 0.468. The zero-order chi connectivity index (χ0) is 13.9. The molecule has 96 valence electrons. The van der Waals surface area contributed by atoms with Gasteiger partial charge in [-0.25, -0.2) is 8.78 Å². The standard InChI is InChI=1S/C14H14F2O2/c1-8(2)14(18)13(9(3)17)6-10-4-11(15)7-12(16)5-10/h4-8H,1-3H3. The van der Waals surface area contributed by atoms with E-state index in [1.54, 1.807) is 13.8 Å². The number of carbonyl (C=O) groups excluding carboxylic acids is 2. The molecular weight excluding hydrogens is 238 g/mol. The predicted molar refractivity (Wildman–Crippen MR) is 64.9 cm³/mol. The molecule has 1 aromatic carbocycles. The van der Waals surface area contributed by atoms with Crippen LogP contribution in [0.15, 0.2) is 23.8 Å². The van der Waals surface area contributed by atoms with Gasteiger partial charge in [-0.3, -0.25) is 9.59 Å². The van der Waals surface area contributed by atoms with E-state index in [1.165, 1.54) is 13.0 Å². The third kappa shape index (κ3) is 3.58. The van der Waals surface area contributed by atoms with Crippen LogP contribution in [0.4, 0.5) is 8.78 Å². The van der Waals surface area contributed by atoms with Crippen LogP contribution in [0, 0.1) is 17.6 Å². The molecule has 0 fully saturated rings. The number of allylic oxidation sites excluding steroid dienone is 1. The maximum atomic E-state index is 13.0. The molecule has 0 spiro atoms. The molecule has 18 heavy (non-hydrogen) atoms. The van der Waals surface area contributed by atoms with E-state index in [4.69, 9.17) is 0 Å². The van der Waals surface area contributed by atoms with Crippen LogP contribution in [-0.2, 0) is 9.59 Å². The lowest BCUT2D eigenvalue weighted by atomic mass is 9.96. The molecule has 1 aromatic rings. The van der Waals surface area contributed by atoms with Crippen LogP contribution >= 0.6 is 0 Å². The second-order valence-electron chi connectivity index (χ2n) is 4.34. The Morgan fingerprint density at radius 1 is 1.11 bits per heavy atom. The van der Waals surface area contributed by atoms with Crippen LogP contribution in [0.1, 0.15) is 26.3 Å². The molecular formula is C14H14F2O2. The number of halogens is 2. The van der Waals surface area contributed by atoms with Gasteiger partial charge in [-0.05, 0) is 30.7 Å². The van der Waals surface area contributed by atoms with Crippen molar-refractivity contribution in [3.8, 4) is 0 Å². The summed E-state index contributed by atoms with van der Waals surface area (Å²) >= 11 is 0. The Bertz CT molecular complexity index is 496. The molecule has 0 radical (unpaired) electrons. The van der Waals surface area contributed by atoms with E-state index in [1.807, 2.05) is 0 Å². The summed E-state index contributed by atoms with van der Waals surface area (Å²) < 4.78 is 26.0. The third-order valence-electron chi connectivity index (χ3n) is 2.37. The van der Waals surface area contributed by atoms with Crippen molar-refractivity contribution in [3.63, 3.8) is 0 Å². The third-order valence-corrected chi connectivity index (χ3v) is 2.37. The van der Waals surface area contributed by atoms with Crippen LogP contribution in [0.3, 0.4) is 0 Å².